The summed E-state index contributed by atoms with van der Waals surface area (Å²) < 4.78 is 38.2. The molecule has 1 aromatic rings. The molecule has 0 radical (unpaired) electrons. The van der Waals surface area contributed by atoms with Gasteiger partial charge in [0, 0.05) is 13.1 Å². The van der Waals surface area contributed by atoms with Gasteiger partial charge in [-0.1, -0.05) is 30.3 Å². The van der Waals surface area contributed by atoms with E-state index < -0.39 is 18.0 Å². The van der Waals surface area contributed by atoms with Gasteiger partial charge in [-0.3, -0.25) is 9.59 Å². The van der Waals surface area contributed by atoms with Gasteiger partial charge in [-0.05, 0) is 18.4 Å². The van der Waals surface area contributed by atoms with E-state index in [0.29, 0.717) is 13.0 Å². The van der Waals surface area contributed by atoms with Crippen LogP contribution in [0, 0.1) is 5.92 Å². The molecule has 2 amide bonds. The molecule has 0 bridgehead atoms. The third-order valence-electron chi connectivity index (χ3n) is 3.88. The Hall–Kier alpha value is -2.05. The summed E-state index contributed by atoms with van der Waals surface area (Å²) >= 11 is 0. The van der Waals surface area contributed by atoms with E-state index in [0.717, 1.165) is 5.56 Å². The molecule has 126 valence electrons. The number of likely N-dealkylation sites (tertiary alicyclic amines) is 1. The summed E-state index contributed by atoms with van der Waals surface area (Å²) in [6.45, 7) is -0.285. The Balaban J connectivity index is 1.79. The third-order valence-corrected chi connectivity index (χ3v) is 3.88. The molecular weight excluding hydrogens is 309 g/mol. The summed E-state index contributed by atoms with van der Waals surface area (Å²) in [7, 11) is 0. The van der Waals surface area contributed by atoms with E-state index in [9.17, 15) is 22.8 Å². The lowest BCUT2D eigenvalue weighted by atomic mass is 9.97. The lowest BCUT2D eigenvalue weighted by Gasteiger charge is -2.33. The highest BCUT2D eigenvalue weighted by Crippen LogP contribution is 2.32. The number of carbonyl (C=O) groups excluding carboxylic acids is 2. The van der Waals surface area contributed by atoms with E-state index >= 15 is 0 Å². The van der Waals surface area contributed by atoms with Crippen molar-refractivity contribution in [3.05, 3.63) is 35.9 Å². The summed E-state index contributed by atoms with van der Waals surface area (Å²) in [4.78, 5) is 24.9. The molecule has 1 saturated heterocycles. The van der Waals surface area contributed by atoms with Crippen molar-refractivity contribution >= 4 is 11.8 Å². The van der Waals surface area contributed by atoms with E-state index in [1.165, 1.54) is 4.90 Å². The van der Waals surface area contributed by atoms with Crippen LogP contribution in [0.25, 0.3) is 0 Å². The molecule has 0 aliphatic carbocycles. The molecule has 2 rings (SSSR count). The lowest BCUT2D eigenvalue weighted by Crippen LogP contribution is -2.48. The summed E-state index contributed by atoms with van der Waals surface area (Å²) in [5, 5.41) is 2.47. The Morgan fingerprint density at radius 2 is 1.91 bits per heavy atom. The highest BCUT2D eigenvalue weighted by Gasteiger charge is 2.42. The number of nitrogens with zero attached hydrogens (tertiary/aromatic N) is 1. The van der Waals surface area contributed by atoms with Crippen molar-refractivity contribution in [3.63, 3.8) is 0 Å². The fourth-order valence-electron chi connectivity index (χ4n) is 2.60. The summed E-state index contributed by atoms with van der Waals surface area (Å²) in [5.41, 5.74) is 0.813. The van der Waals surface area contributed by atoms with E-state index in [1.807, 2.05) is 6.07 Å². The standard InChI is InChI=1S/C16H19F3N2O2/c17-16(18,19)13-7-4-8-21(11-13)15(23)10-20-14(22)9-12-5-2-1-3-6-12/h1-3,5-6,13H,4,7-11H2,(H,20,22)/t13-/m1/s1. The summed E-state index contributed by atoms with van der Waals surface area (Å²) in [6.07, 6.45) is -3.77. The monoisotopic (exact) mass is 328 g/mol. The van der Waals surface area contributed by atoms with Crippen LogP contribution in [0.3, 0.4) is 0 Å². The number of halogens is 3. The van der Waals surface area contributed by atoms with E-state index in [4.69, 9.17) is 0 Å². The van der Waals surface area contributed by atoms with Crippen molar-refractivity contribution in [2.45, 2.75) is 25.4 Å². The predicted octanol–water partition coefficient (Wildman–Crippen LogP) is 2.15. The third kappa shape index (κ3) is 5.26. The van der Waals surface area contributed by atoms with Crippen LogP contribution in [0.2, 0.25) is 0 Å². The fourth-order valence-corrected chi connectivity index (χ4v) is 2.60. The highest BCUT2D eigenvalue weighted by molar-refractivity contribution is 5.85. The molecule has 0 saturated carbocycles. The maximum absolute atomic E-state index is 12.7. The molecular formula is C16H19F3N2O2. The molecule has 1 fully saturated rings. The topological polar surface area (TPSA) is 49.4 Å². The van der Waals surface area contributed by atoms with Crippen LogP contribution in [0.4, 0.5) is 13.2 Å². The van der Waals surface area contributed by atoms with Crippen LogP contribution in [-0.4, -0.2) is 42.5 Å². The molecule has 1 heterocycles. The van der Waals surface area contributed by atoms with Crippen LogP contribution in [0.15, 0.2) is 30.3 Å². The number of hydrogen-bond donors (Lipinski definition) is 1. The first-order chi connectivity index (χ1) is 10.9. The quantitative estimate of drug-likeness (QED) is 0.921. The van der Waals surface area contributed by atoms with Crippen LogP contribution in [0.1, 0.15) is 18.4 Å². The second-order valence-corrected chi connectivity index (χ2v) is 5.66. The molecule has 1 aliphatic rings. The zero-order chi connectivity index (χ0) is 16.9. The smallest absolute Gasteiger partial charge is 0.347 e. The van der Waals surface area contributed by atoms with Gasteiger partial charge < -0.3 is 10.2 Å². The maximum Gasteiger partial charge on any atom is 0.393 e. The lowest BCUT2D eigenvalue weighted by molar-refractivity contribution is -0.188. The normalized spacial score (nSPS) is 18.6. The van der Waals surface area contributed by atoms with Gasteiger partial charge in [0.1, 0.15) is 0 Å². The van der Waals surface area contributed by atoms with E-state index in [1.54, 1.807) is 24.3 Å². The second-order valence-electron chi connectivity index (χ2n) is 5.66. The molecule has 1 N–H and O–H groups in total. The Morgan fingerprint density at radius 3 is 2.57 bits per heavy atom. The van der Waals surface area contributed by atoms with Gasteiger partial charge >= 0.3 is 6.18 Å². The number of carbonyl (C=O) groups is 2. The van der Waals surface area contributed by atoms with Crippen molar-refractivity contribution in [1.29, 1.82) is 0 Å². The maximum atomic E-state index is 12.7. The molecule has 7 heteroatoms. The molecule has 23 heavy (non-hydrogen) atoms. The van der Waals surface area contributed by atoms with Crippen LogP contribution in [0.5, 0.6) is 0 Å². The van der Waals surface area contributed by atoms with Crippen molar-refractivity contribution < 1.29 is 22.8 Å². The fraction of sp³-hybridized carbons (Fsp3) is 0.500. The Bertz CT molecular complexity index is 546. The number of piperidine rings is 1. The largest absolute Gasteiger partial charge is 0.393 e. The average molecular weight is 328 g/mol. The van der Waals surface area contributed by atoms with E-state index in [-0.39, 0.29) is 31.8 Å². The van der Waals surface area contributed by atoms with Crippen LogP contribution < -0.4 is 5.32 Å². The predicted molar refractivity (Wildman–Crippen MR) is 78.5 cm³/mol. The first-order valence-electron chi connectivity index (χ1n) is 7.51. The first kappa shape index (κ1) is 17.3. The van der Waals surface area contributed by atoms with Crippen molar-refractivity contribution in [1.82, 2.24) is 10.2 Å². The van der Waals surface area contributed by atoms with Gasteiger partial charge in [0.25, 0.3) is 0 Å². The van der Waals surface area contributed by atoms with Gasteiger partial charge in [-0.15, -0.1) is 0 Å². The van der Waals surface area contributed by atoms with Crippen molar-refractivity contribution in [2.75, 3.05) is 19.6 Å². The number of alkyl halides is 3. The number of amides is 2. The van der Waals surface area contributed by atoms with Gasteiger partial charge in [-0.2, -0.15) is 13.2 Å². The number of benzene rings is 1. The van der Waals surface area contributed by atoms with Crippen LogP contribution in [-0.2, 0) is 16.0 Å². The van der Waals surface area contributed by atoms with Gasteiger partial charge in [0.2, 0.25) is 11.8 Å². The molecule has 4 nitrogen and oxygen atoms in total. The Labute approximate surface area is 132 Å². The molecule has 1 aliphatic heterocycles. The minimum absolute atomic E-state index is 0.0493. The second kappa shape index (κ2) is 7.48. The van der Waals surface area contributed by atoms with Gasteiger partial charge in [-0.25, -0.2) is 0 Å². The average Bonchev–Trinajstić information content (AvgIpc) is 2.53. The minimum atomic E-state index is -4.28. The summed E-state index contributed by atoms with van der Waals surface area (Å²) in [5.74, 6) is -2.27. The number of hydrogen-bond acceptors (Lipinski definition) is 2. The summed E-state index contributed by atoms with van der Waals surface area (Å²) in [6, 6.07) is 9.02. The van der Waals surface area contributed by atoms with E-state index in [2.05, 4.69) is 5.32 Å². The molecule has 0 aromatic heterocycles. The first-order valence-corrected chi connectivity index (χ1v) is 7.51. The molecule has 0 spiro atoms. The zero-order valence-electron chi connectivity index (χ0n) is 12.6. The highest BCUT2D eigenvalue weighted by atomic mass is 19.4. The zero-order valence-corrected chi connectivity index (χ0v) is 12.6. The van der Waals surface area contributed by atoms with Crippen molar-refractivity contribution in [2.24, 2.45) is 5.92 Å². The van der Waals surface area contributed by atoms with Crippen molar-refractivity contribution in [3.8, 4) is 0 Å². The Morgan fingerprint density at radius 1 is 1.22 bits per heavy atom. The SMILES string of the molecule is O=C(Cc1ccccc1)NCC(=O)N1CCC[C@@H](C(F)(F)F)C1. The van der Waals surface area contributed by atoms with Gasteiger partial charge in [0.05, 0.1) is 18.9 Å². The number of rotatable bonds is 4. The molecule has 1 atom stereocenters. The van der Waals surface area contributed by atoms with Gasteiger partial charge in [0.15, 0.2) is 0 Å². The van der Waals surface area contributed by atoms with Crippen LogP contribution >= 0.6 is 0 Å². The number of nitrogens with one attached hydrogen (secondary N) is 1. The Kier molecular flexibility index (Phi) is 5.63. The molecule has 1 aromatic carbocycles. The minimum Gasteiger partial charge on any atom is -0.347 e. The molecule has 0 unspecified atom stereocenters.